The molecule has 0 saturated heterocycles. The average Bonchev–Trinajstić information content (AvgIpc) is 2.87. The zero-order valence-electron chi connectivity index (χ0n) is 23.7. The predicted molar refractivity (Wildman–Crippen MR) is 151 cm³/mol. The van der Waals surface area contributed by atoms with Crippen molar-refractivity contribution in [2.45, 2.75) is 57.7 Å². The Hall–Kier alpha value is -3.31. The molecule has 0 unspecified atom stereocenters. The second kappa shape index (κ2) is 12.7. The van der Waals surface area contributed by atoms with E-state index in [2.05, 4.69) is 10.0 Å². The van der Waals surface area contributed by atoms with Gasteiger partial charge >= 0.3 is 6.03 Å². The number of nitrogens with one attached hydrogen (secondary N) is 2. The fourth-order valence-corrected chi connectivity index (χ4v) is 5.43. The number of benzene rings is 2. The first-order chi connectivity index (χ1) is 18.3. The van der Waals surface area contributed by atoms with Crippen LogP contribution in [0.1, 0.15) is 43.6 Å². The first kappa shape index (κ1) is 30.2. The van der Waals surface area contributed by atoms with Crippen molar-refractivity contribution in [3.8, 4) is 5.75 Å². The molecule has 11 heteroatoms. The number of anilines is 1. The second-order valence-corrected chi connectivity index (χ2v) is 12.2. The first-order valence-electron chi connectivity index (χ1n) is 13.0. The molecule has 2 aromatic carbocycles. The molecule has 214 valence electrons. The SMILES string of the molecule is CO[C@H]1CN(C)C(=O)c2ccc(NS(=O)(=O)c3ccc(C)cc3)cc2OC[C@@H](C)N(C(=O)NC(C)C)C[C@H]1C. The standard InChI is InChI=1S/C28H40N4O6S/c1-18(2)29-28(34)32-15-20(4)26(37-7)16-31(6)27(33)24-13-10-22(14-25(24)38-17-21(32)5)30-39(35,36)23-11-8-19(3)9-12-23/h8-14,18,20-21,26,30H,15-17H2,1-7H3,(H,29,34)/t20-,21-,26+/m1/s1. The van der Waals surface area contributed by atoms with Crippen molar-refractivity contribution in [3.63, 3.8) is 0 Å². The highest BCUT2D eigenvalue weighted by Crippen LogP contribution is 2.28. The van der Waals surface area contributed by atoms with E-state index < -0.39 is 10.0 Å². The molecule has 2 N–H and O–H groups in total. The van der Waals surface area contributed by atoms with Gasteiger partial charge in [-0.1, -0.05) is 24.6 Å². The topological polar surface area (TPSA) is 117 Å². The van der Waals surface area contributed by atoms with Crippen LogP contribution < -0.4 is 14.8 Å². The van der Waals surface area contributed by atoms with E-state index in [1.165, 1.54) is 24.3 Å². The Labute approximate surface area is 231 Å². The summed E-state index contributed by atoms with van der Waals surface area (Å²) in [5.41, 5.74) is 1.48. The van der Waals surface area contributed by atoms with E-state index in [-0.39, 0.29) is 64.5 Å². The van der Waals surface area contributed by atoms with E-state index in [0.717, 1.165) is 5.56 Å². The van der Waals surface area contributed by atoms with Gasteiger partial charge in [-0.15, -0.1) is 0 Å². The summed E-state index contributed by atoms with van der Waals surface area (Å²) in [6.07, 6.45) is -0.315. The first-order valence-corrected chi connectivity index (χ1v) is 14.5. The summed E-state index contributed by atoms with van der Waals surface area (Å²) in [4.78, 5) is 29.9. The van der Waals surface area contributed by atoms with E-state index in [4.69, 9.17) is 9.47 Å². The molecule has 0 aliphatic carbocycles. The van der Waals surface area contributed by atoms with Crippen molar-refractivity contribution in [1.29, 1.82) is 0 Å². The van der Waals surface area contributed by atoms with Gasteiger partial charge in [0.2, 0.25) is 0 Å². The summed E-state index contributed by atoms with van der Waals surface area (Å²) in [5.74, 6) is -0.132. The maximum Gasteiger partial charge on any atom is 0.317 e. The lowest BCUT2D eigenvalue weighted by Gasteiger charge is -2.36. The Kier molecular flexibility index (Phi) is 9.84. The molecular weight excluding hydrogens is 520 g/mol. The molecule has 0 radical (unpaired) electrons. The van der Waals surface area contributed by atoms with Crippen molar-refractivity contribution in [2.75, 3.05) is 38.6 Å². The fraction of sp³-hybridized carbons (Fsp3) is 0.500. The van der Waals surface area contributed by atoms with Crippen LogP contribution >= 0.6 is 0 Å². The molecule has 0 saturated carbocycles. The Bertz CT molecular complexity index is 1270. The number of nitrogens with zero attached hydrogens (tertiary/aromatic N) is 2. The van der Waals surface area contributed by atoms with E-state index in [9.17, 15) is 18.0 Å². The molecule has 0 bridgehead atoms. The number of ether oxygens (including phenoxy) is 2. The van der Waals surface area contributed by atoms with Crippen molar-refractivity contribution in [2.24, 2.45) is 5.92 Å². The van der Waals surface area contributed by atoms with Crippen LogP contribution in [0.3, 0.4) is 0 Å². The molecule has 1 heterocycles. The molecule has 0 aromatic heterocycles. The highest BCUT2D eigenvalue weighted by molar-refractivity contribution is 7.92. The third-order valence-electron chi connectivity index (χ3n) is 6.70. The van der Waals surface area contributed by atoms with Gasteiger partial charge in [0.05, 0.1) is 28.3 Å². The quantitative estimate of drug-likeness (QED) is 0.576. The van der Waals surface area contributed by atoms with Crippen LogP contribution in [0.15, 0.2) is 47.4 Å². The Morgan fingerprint density at radius 2 is 1.77 bits per heavy atom. The van der Waals surface area contributed by atoms with E-state index >= 15 is 0 Å². The van der Waals surface area contributed by atoms with Crippen molar-refractivity contribution >= 4 is 27.6 Å². The van der Waals surface area contributed by atoms with Crippen LogP contribution in [0.25, 0.3) is 0 Å². The minimum absolute atomic E-state index is 0.0471. The molecule has 1 aliphatic heterocycles. The number of hydrogen-bond donors (Lipinski definition) is 2. The number of carbonyl (C=O) groups excluding carboxylic acids is 2. The molecule has 2 aromatic rings. The predicted octanol–water partition coefficient (Wildman–Crippen LogP) is 3.72. The number of carbonyl (C=O) groups is 2. The molecule has 3 rings (SSSR count). The lowest BCUT2D eigenvalue weighted by Crippen LogP contribution is -2.52. The summed E-state index contributed by atoms with van der Waals surface area (Å²) >= 11 is 0. The lowest BCUT2D eigenvalue weighted by molar-refractivity contribution is 0.0165. The van der Waals surface area contributed by atoms with Gasteiger partial charge in [-0.25, -0.2) is 13.2 Å². The number of methoxy groups -OCH3 is 1. The van der Waals surface area contributed by atoms with Gasteiger partial charge in [-0.2, -0.15) is 0 Å². The van der Waals surface area contributed by atoms with E-state index in [1.807, 2.05) is 34.6 Å². The van der Waals surface area contributed by atoms with Crippen LogP contribution in [0.2, 0.25) is 0 Å². The zero-order valence-corrected chi connectivity index (χ0v) is 24.5. The van der Waals surface area contributed by atoms with Gasteiger partial charge < -0.3 is 24.6 Å². The second-order valence-electron chi connectivity index (χ2n) is 10.5. The summed E-state index contributed by atoms with van der Waals surface area (Å²) in [7, 11) is -0.588. The maximum atomic E-state index is 13.4. The minimum atomic E-state index is -3.86. The van der Waals surface area contributed by atoms with Crippen molar-refractivity contribution in [1.82, 2.24) is 15.1 Å². The number of fused-ring (bicyclic) bond motifs is 1. The third kappa shape index (κ3) is 7.63. The summed E-state index contributed by atoms with van der Waals surface area (Å²) in [6.45, 7) is 10.3. The molecule has 0 fully saturated rings. The molecule has 10 nitrogen and oxygen atoms in total. The summed E-state index contributed by atoms with van der Waals surface area (Å²) in [5, 5.41) is 2.95. The molecular formula is C28H40N4O6S. The van der Waals surface area contributed by atoms with Gasteiger partial charge in [0.1, 0.15) is 12.4 Å². The number of aryl methyl sites for hydroxylation is 1. The molecule has 1 aliphatic rings. The Morgan fingerprint density at radius 1 is 1.10 bits per heavy atom. The fourth-order valence-electron chi connectivity index (χ4n) is 4.38. The van der Waals surface area contributed by atoms with Crippen LogP contribution in [0.4, 0.5) is 10.5 Å². The Morgan fingerprint density at radius 3 is 2.38 bits per heavy atom. The molecule has 3 atom stereocenters. The van der Waals surface area contributed by atoms with Gasteiger partial charge in [0.15, 0.2) is 0 Å². The van der Waals surface area contributed by atoms with Gasteiger partial charge in [0, 0.05) is 45.3 Å². The number of amides is 3. The van der Waals surface area contributed by atoms with Crippen LogP contribution in [-0.2, 0) is 14.8 Å². The van der Waals surface area contributed by atoms with Crippen LogP contribution in [0.5, 0.6) is 5.75 Å². The number of sulfonamides is 1. The van der Waals surface area contributed by atoms with Gasteiger partial charge in [-0.05, 0) is 52.0 Å². The van der Waals surface area contributed by atoms with Gasteiger partial charge in [-0.3, -0.25) is 9.52 Å². The number of likely N-dealkylation sites (N-methyl/N-ethyl adjacent to an activating group) is 1. The monoisotopic (exact) mass is 560 g/mol. The number of urea groups is 1. The largest absolute Gasteiger partial charge is 0.491 e. The number of rotatable bonds is 5. The molecule has 0 spiro atoms. The van der Waals surface area contributed by atoms with Crippen molar-refractivity contribution in [3.05, 3.63) is 53.6 Å². The highest BCUT2D eigenvalue weighted by Gasteiger charge is 2.30. The normalized spacial score (nSPS) is 20.9. The molecule has 3 amide bonds. The smallest absolute Gasteiger partial charge is 0.317 e. The lowest BCUT2D eigenvalue weighted by atomic mass is 10.0. The third-order valence-corrected chi connectivity index (χ3v) is 8.10. The summed E-state index contributed by atoms with van der Waals surface area (Å²) < 4.78 is 40.3. The Balaban J connectivity index is 1.97. The van der Waals surface area contributed by atoms with E-state index in [0.29, 0.717) is 13.1 Å². The average molecular weight is 561 g/mol. The van der Waals surface area contributed by atoms with Gasteiger partial charge in [0.25, 0.3) is 15.9 Å². The van der Waals surface area contributed by atoms with Crippen molar-refractivity contribution < 1.29 is 27.5 Å². The number of hydrogen-bond acceptors (Lipinski definition) is 6. The highest BCUT2D eigenvalue weighted by atomic mass is 32.2. The maximum absolute atomic E-state index is 13.4. The minimum Gasteiger partial charge on any atom is -0.491 e. The van der Waals surface area contributed by atoms with E-state index in [1.54, 1.807) is 42.2 Å². The molecule has 39 heavy (non-hydrogen) atoms. The van der Waals surface area contributed by atoms with Crippen LogP contribution in [0, 0.1) is 12.8 Å². The zero-order chi connectivity index (χ0) is 28.9. The van der Waals surface area contributed by atoms with Crippen LogP contribution in [-0.4, -0.2) is 82.2 Å². The summed E-state index contributed by atoms with van der Waals surface area (Å²) in [6, 6.07) is 10.5.